The number of nitrogens with one attached hydrogen (secondary N) is 1. The number of carbonyl (C=O) groups excluding carboxylic acids is 1. The maximum atomic E-state index is 12.4. The standard InChI is InChI=1S/C19H15NO6/c1-10-12-6-5-11(21)7-16(12)26-19(23)13(10)8-17(22)20-14-3-2-4-15-18(14)25-9-24-15/h2-7,21H,8-9H2,1H3,(H,20,22). The van der Waals surface area contributed by atoms with Gasteiger partial charge >= 0.3 is 5.63 Å². The first-order valence-corrected chi connectivity index (χ1v) is 7.96. The van der Waals surface area contributed by atoms with Gasteiger partial charge in [-0.05, 0) is 36.8 Å². The Morgan fingerprint density at radius 1 is 1.23 bits per heavy atom. The fourth-order valence-electron chi connectivity index (χ4n) is 2.97. The summed E-state index contributed by atoms with van der Waals surface area (Å²) >= 11 is 0. The Balaban J connectivity index is 1.63. The summed E-state index contributed by atoms with van der Waals surface area (Å²) in [4.78, 5) is 24.7. The highest BCUT2D eigenvalue weighted by molar-refractivity contribution is 5.95. The lowest BCUT2D eigenvalue weighted by atomic mass is 10.0. The van der Waals surface area contributed by atoms with Crippen LogP contribution < -0.4 is 20.4 Å². The summed E-state index contributed by atoms with van der Waals surface area (Å²) in [6.07, 6.45) is -0.143. The minimum absolute atomic E-state index is 0.00527. The van der Waals surface area contributed by atoms with Crippen LogP contribution in [0, 0.1) is 6.92 Å². The van der Waals surface area contributed by atoms with Crippen LogP contribution in [0.5, 0.6) is 17.2 Å². The normalized spacial score (nSPS) is 12.3. The molecule has 0 atom stereocenters. The highest BCUT2D eigenvalue weighted by Crippen LogP contribution is 2.38. The summed E-state index contributed by atoms with van der Waals surface area (Å²) in [6.45, 7) is 1.85. The molecule has 2 N–H and O–H groups in total. The zero-order valence-electron chi connectivity index (χ0n) is 13.9. The monoisotopic (exact) mass is 353 g/mol. The third kappa shape index (κ3) is 2.73. The van der Waals surface area contributed by atoms with Gasteiger partial charge in [-0.15, -0.1) is 0 Å². The number of anilines is 1. The molecular formula is C19H15NO6. The van der Waals surface area contributed by atoms with Crippen LogP contribution >= 0.6 is 0 Å². The Morgan fingerprint density at radius 2 is 2.08 bits per heavy atom. The molecule has 0 fully saturated rings. The summed E-state index contributed by atoms with van der Waals surface area (Å²) in [5.74, 6) is 0.663. The van der Waals surface area contributed by atoms with E-state index in [9.17, 15) is 14.7 Å². The molecule has 1 aliphatic rings. The number of phenols is 1. The average molecular weight is 353 g/mol. The Morgan fingerprint density at radius 3 is 2.92 bits per heavy atom. The van der Waals surface area contributed by atoms with Crippen LogP contribution in [-0.2, 0) is 11.2 Å². The summed E-state index contributed by atoms with van der Waals surface area (Å²) in [5.41, 5.74) is 1.07. The van der Waals surface area contributed by atoms with Gasteiger partial charge in [-0.25, -0.2) is 4.79 Å². The van der Waals surface area contributed by atoms with E-state index in [-0.39, 0.29) is 36.0 Å². The van der Waals surface area contributed by atoms with Gasteiger partial charge in [0.15, 0.2) is 11.5 Å². The van der Waals surface area contributed by atoms with Gasteiger partial charge in [0.05, 0.1) is 17.7 Å². The van der Waals surface area contributed by atoms with Crippen LogP contribution in [0.3, 0.4) is 0 Å². The highest BCUT2D eigenvalue weighted by atomic mass is 16.7. The second kappa shape index (κ2) is 6.11. The molecule has 7 nitrogen and oxygen atoms in total. The predicted octanol–water partition coefficient (Wildman–Crippen LogP) is 2.72. The number of para-hydroxylation sites is 1. The lowest BCUT2D eigenvalue weighted by molar-refractivity contribution is -0.115. The quantitative estimate of drug-likeness (QED) is 0.703. The molecule has 0 unspecified atom stereocenters. The number of carbonyl (C=O) groups is 1. The molecule has 3 aromatic rings. The SMILES string of the molecule is Cc1c(CC(=O)Nc2cccc3c2OCO3)c(=O)oc2cc(O)ccc12. The molecule has 0 bridgehead atoms. The average Bonchev–Trinajstić information content (AvgIpc) is 3.08. The third-order valence-electron chi connectivity index (χ3n) is 4.28. The second-order valence-electron chi connectivity index (χ2n) is 5.94. The van der Waals surface area contributed by atoms with E-state index in [1.165, 1.54) is 12.1 Å². The van der Waals surface area contributed by atoms with Crippen LogP contribution in [0.2, 0.25) is 0 Å². The van der Waals surface area contributed by atoms with Gasteiger partial charge in [0, 0.05) is 11.5 Å². The van der Waals surface area contributed by atoms with E-state index in [1.54, 1.807) is 31.2 Å². The number of fused-ring (bicyclic) bond motifs is 2. The maximum Gasteiger partial charge on any atom is 0.340 e. The molecular weight excluding hydrogens is 338 g/mol. The van der Waals surface area contributed by atoms with Gasteiger partial charge in [0.25, 0.3) is 0 Å². The molecule has 26 heavy (non-hydrogen) atoms. The van der Waals surface area contributed by atoms with E-state index >= 15 is 0 Å². The zero-order chi connectivity index (χ0) is 18.3. The second-order valence-corrected chi connectivity index (χ2v) is 5.94. The van der Waals surface area contributed by atoms with Crippen molar-refractivity contribution in [1.82, 2.24) is 0 Å². The zero-order valence-corrected chi connectivity index (χ0v) is 13.9. The lowest BCUT2D eigenvalue weighted by Gasteiger charge is -2.10. The van der Waals surface area contributed by atoms with Crippen molar-refractivity contribution in [2.75, 3.05) is 12.1 Å². The first-order chi connectivity index (χ1) is 12.5. The number of rotatable bonds is 3. The van der Waals surface area contributed by atoms with Crippen molar-refractivity contribution in [3.63, 3.8) is 0 Å². The molecule has 0 aliphatic carbocycles. The Hall–Kier alpha value is -3.48. The largest absolute Gasteiger partial charge is 0.508 e. The van der Waals surface area contributed by atoms with Gasteiger partial charge in [0.1, 0.15) is 11.3 Å². The fourth-order valence-corrected chi connectivity index (χ4v) is 2.97. The number of hydrogen-bond donors (Lipinski definition) is 2. The van der Waals surface area contributed by atoms with Crippen molar-refractivity contribution >= 4 is 22.6 Å². The van der Waals surface area contributed by atoms with Crippen molar-refractivity contribution in [2.45, 2.75) is 13.3 Å². The smallest absolute Gasteiger partial charge is 0.340 e. The molecule has 1 amide bonds. The molecule has 0 radical (unpaired) electrons. The van der Waals surface area contributed by atoms with Crippen molar-refractivity contribution in [2.24, 2.45) is 0 Å². The summed E-state index contributed by atoms with van der Waals surface area (Å²) in [7, 11) is 0. The molecule has 2 aromatic carbocycles. The van der Waals surface area contributed by atoms with Gasteiger partial charge < -0.3 is 24.3 Å². The predicted molar refractivity (Wildman–Crippen MR) is 93.8 cm³/mol. The van der Waals surface area contributed by atoms with Gasteiger partial charge in [0.2, 0.25) is 12.7 Å². The Bertz CT molecular complexity index is 1090. The van der Waals surface area contributed by atoms with Crippen molar-refractivity contribution in [3.05, 3.63) is 57.9 Å². The molecule has 1 aliphatic heterocycles. The van der Waals surface area contributed by atoms with E-state index in [1.807, 2.05) is 0 Å². The first kappa shape index (κ1) is 16.0. The summed E-state index contributed by atoms with van der Waals surface area (Å²) in [5, 5.41) is 12.9. The number of aryl methyl sites for hydroxylation is 1. The van der Waals surface area contributed by atoms with Crippen molar-refractivity contribution in [1.29, 1.82) is 0 Å². The minimum atomic E-state index is -0.603. The molecule has 2 heterocycles. The van der Waals surface area contributed by atoms with Crippen LogP contribution in [-0.4, -0.2) is 17.8 Å². The minimum Gasteiger partial charge on any atom is -0.508 e. The van der Waals surface area contributed by atoms with Gasteiger partial charge in [-0.3, -0.25) is 4.79 Å². The van der Waals surface area contributed by atoms with E-state index in [0.717, 1.165) is 0 Å². The maximum absolute atomic E-state index is 12.4. The molecule has 7 heteroatoms. The molecule has 1 aromatic heterocycles. The van der Waals surface area contributed by atoms with Crippen LogP contribution in [0.15, 0.2) is 45.6 Å². The summed E-state index contributed by atoms with van der Waals surface area (Å²) in [6, 6.07) is 9.71. The molecule has 0 spiro atoms. The topological polar surface area (TPSA) is 98.0 Å². The van der Waals surface area contributed by atoms with Gasteiger partial charge in [-0.2, -0.15) is 0 Å². The van der Waals surface area contributed by atoms with Crippen molar-refractivity contribution in [3.8, 4) is 17.2 Å². The first-order valence-electron chi connectivity index (χ1n) is 7.96. The van der Waals surface area contributed by atoms with Crippen LogP contribution in [0.1, 0.15) is 11.1 Å². The Labute approximate surface area is 147 Å². The number of benzene rings is 2. The van der Waals surface area contributed by atoms with E-state index in [2.05, 4.69) is 5.32 Å². The van der Waals surface area contributed by atoms with E-state index in [4.69, 9.17) is 13.9 Å². The lowest BCUT2D eigenvalue weighted by Crippen LogP contribution is -2.20. The number of aromatic hydroxyl groups is 1. The number of ether oxygens (including phenoxy) is 2. The number of amides is 1. The number of phenolic OH excluding ortho intramolecular Hbond substituents is 1. The molecule has 0 saturated carbocycles. The molecule has 4 rings (SSSR count). The fraction of sp³-hybridized carbons (Fsp3) is 0.158. The van der Waals surface area contributed by atoms with E-state index in [0.29, 0.717) is 28.1 Å². The Kier molecular flexibility index (Phi) is 3.76. The molecule has 0 saturated heterocycles. The molecule has 132 valence electrons. The van der Waals surface area contributed by atoms with E-state index < -0.39 is 5.63 Å². The highest BCUT2D eigenvalue weighted by Gasteiger charge is 2.20. The van der Waals surface area contributed by atoms with Crippen LogP contribution in [0.4, 0.5) is 5.69 Å². The van der Waals surface area contributed by atoms with Crippen molar-refractivity contribution < 1.29 is 23.8 Å². The number of hydrogen-bond acceptors (Lipinski definition) is 6. The van der Waals surface area contributed by atoms with Gasteiger partial charge in [-0.1, -0.05) is 6.07 Å². The summed E-state index contributed by atoms with van der Waals surface area (Å²) < 4.78 is 15.9. The third-order valence-corrected chi connectivity index (χ3v) is 4.28. The van der Waals surface area contributed by atoms with Crippen LogP contribution in [0.25, 0.3) is 11.0 Å².